The fourth-order valence-electron chi connectivity index (χ4n) is 2.04. The second kappa shape index (κ2) is 5.93. The smallest absolute Gasteiger partial charge is 0.328 e. The van der Waals surface area contributed by atoms with Crippen LogP contribution in [0, 0.1) is 0 Å². The lowest BCUT2D eigenvalue weighted by Gasteiger charge is -2.30. The molecule has 0 saturated heterocycles. The number of aliphatic carboxylic acids is 1. The Labute approximate surface area is 113 Å². The van der Waals surface area contributed by atoms with E-state index in [1.807, 2.05) is 13.8 Å². The van der Waals surface area contributed by atoms with Crippen molar-refractivity contribution in [3.8, 4) is 11.5 Å². The number of carboxylic acid groups (broad SMARTS) is 1. The van der Waals surface area contributed by atoms with Crippen molar-refractivity contribution in [2.24, 2.45) is 0 Å². The van der Waals surface area contributed by atoms with Crippen LogP contribution >= 0.6 is 0 Å². The third-order valence-electron chi connectivity index (χ3n) is 2.95. The minimum absolute atomic E-state index is 0.0212. The van der Waals surface area contributed by atoms with Crippen molar-refractivity contribution in [3.63, 3.8) is 0 Å². The largest absolute Gasteiger partial charge is 0.497 e. The lowest BCUT2D eigenvalue weighted by molar-refractivity contribution is -0.145. The fraction of sp³-hybridized carbons (Fsp3) is 0.500. The molecule has 0 heterocycles. The van der Waals surface area contributed by atoms with E-state index in [2.05, 4.69) is 5.32 Å². The molecule has 1 atom stereocenters. The van der Waals surface area contributed by atoms with Gasteiger partial charge in [-0.25, -0.2) is 4.79 Å². The van der Waals surface area contributed by atoms with Gasteiger partial charge in [-0.2, -0.15) is 0 Å². The molecule has 0 aliphatic heterocycles. The van der Waals surface area contributed by atoms with E-state index in [-0.39, 0.29) is 6.04 Å². The first-order valence-corrected chi connectivity index (χ1v) is 6.08. The molecule has 0 saturated carbocycles. The summed E-state index contributed by atoms with van der Waals surface area (Å²) in [5.41, 5.74) is -0.650. The van der Waals surface area contributed by atoms with Crippen LogP contribution in [0.1, 0.15) is 26.3 Å². The van der Waals surface area contributed by atoms with Crippen LogP contribution in [-0.2, 0) is 10.3 Å². The van der Waals surface area contributed by atoms with E-state index >= 15 is 0 Å². The number of ether oxygens (including phenoxy) is 2. The normalized spacial score (nSPS) is 14.0. The minimum atomic E-state index is -1.22. The molecule has 106 valence electrons. The Bertz CT molecular complexity index is 459. The quantitative estimate of drug-likeness (QED) is 0.825. The standard InChI is InChI=1S/C14H21NO4/c1-9(2)15-14(3,13(16)17)11-7-6-10(18-4)8-12(11)19-5/h6-9,15H,1-5H3,(H,16,17). The Kier molecular flexibility index (Phi) is 4.78. The first-order chi connectivity index (χ1) is 8.85. The van der Waals surface area contributed by atoms with Gasteiger partial charge in [0.2, 0.25) is 0 Å². The zero-order valence-electron chi connectivity index (χ0n) is 12.0. The van der Waals surface area contributed by atoms with Crippen LogP contribution in [0.4, 0.5) is 0 Å². The first kappa shape index (κ1) is 15.3. The Morgan fingerprint density at radius 2 is 1.95 bits per heavy atom. The van der Waals surface area contributed by atoms with Gasteiger partial charge in [-0.05, 0) is 32.9 Å². The number of nitrogens with one attached hydrogen (secondary N) is 1. The molecule has 0 radical (unpaired) electrons. The maximum atomic E-state index is 11.6. The predicted octanol–water partition coefficient (Wildman–Crippen LogP) is 2.00. The van der Waals surface area contributed by atoms with Crippen molar-refractivity contribution in [2.75, 3.05) is 14.2 Å². The van der Waals surface area contributed by atoms with Crippen LogP contribution in [0.25, 0.3) is 0 Å². The molecular formula is C14H21NO4. The summed E-state index contributed by atoms with van der Waals surface area (Å²) >= 11 is 0. The second-order valence-electron chi connectivity index (χ2n) is 4.80. The molecule has 1 rings (SSSR count). The van der Waals surface area contributed by atoms with Crippen LogP contribution in [0.5, 0.6) is 11.5 Å². The van der Waals surface area contributed by atoms with E-state index < -0.39 is 11.5 Å². The van der Waals surface area contributed by atoms with Crippen LogP contribution in [0.2, 0.25) is 0 Å². The average molecular weight is 267 g/mol. The molecule has 1 unspecified atom stereocenters. The van der Waals surface area contributed by atoms with Gasteiger partial charge in [0.05, 0.1) is 14.2 Å². The Morgan fingerprint density at radius 3 is 2.37 bits per heavy atom. The monoisotopic (exact) mass is 267 g/mol. The molecular weight excluding hydrogens is 246 g/mol. The molecule has 0 aromatic heterocycles. The second-order valence-corrected chi connectivity index (χ2v) is 4.80. The van der Waals surface area contributed by atoms with Gasteiger partial charge >= 0.3 is 5.97 Å². The van der Waals surface area contributed by atoms with Gasteiger partial charge in [0, 0.05) is 17.7 Å². The SMILES string of the molecule is COc1ccc(C(C)(NC(C)C)C(=O)O)c(OC)c1. The molecule has 1 aromatic rings. The lowest BCUT2D eigenvalue weighted by Crippen LogP contribution is -2.49. The van der Waals surface area contributed by atoms with Gasteiger partial charge in [0.15, 0.2) is 0 Å². The number of hydrogen-bond acceptors (Lipinski definition) is 4. The van der Waals surface area contributed by atoms with Gasteiger partial charge in [-0.1, -0.05) is 0 Å². The highest BCUT2D eigenvalue weighted by atomic mass is 16.5. The van der Waals surface area contributed by atoms with Crippen molar-refractivity contribution in [1.29, 1.82) is 0 Å². The van der Waals surface area contributed by atoms with E-state index in [9.17, 15) is 9.90 Å². The van der Waals surface area contributed by atoms with Crippen molar-refractivity contribution < 1.29 is 19.4 Å². The molecule has 0 spiro atoms. The molecule has 0 aliphatic carbocycles. The summed E-state index contributed by atoms with van der Waals surface area (Å²) in [4.78, 5) is 11.6. The van der Waals surface area contributed by atoms with Gasteiger partial charge in [0.25, 0.3) is 0 Å². The van der Waals surface area contributed by atoms with E-state index in [1.165, 1.54) is 7.11 Å². The summed E-state index contributed by atoms with van der Waals surface area (Å²) < 4.78 is 10.4. The van der Waals surface area contributed by atoms with Crippen molar-refractivity contribution in [1.82, 2.24) is 5.32 Å². The van der Waals surface area contributed by atoms with Crippen LogP contribution in [0.15, 0.2) is 18.2 Å². The predicted molar refractivity (Wildman–Crippen MR) is 72.8 cm³/mol. The summed E-state index contributed by atoms with van der Waals surface area (Å²) in [5, 5.41) is 12.6. The highest BCUT2D eigenvalue weighted by molar-refractivity contribution is 5.81. The van der Waals surface area contributed by atoms with Gasteiger partial charge in [0.1, 0.15) is 17.0 Å². The van der Waals surface area contributed by atoms with Crippen LogP contribution < -0.4 is 14.8 Å². The molecule has 0 aliphatic rings. The van der Waals surface area contributed by atoms with Crippen molar-refractivity contribution >= 4 is 5.97 Å². The van der Waals surface area contributed by atoms with E-state index in [0.29, 0.717) is 17.1 Å². The maximum Gasteiger partial charge on any atom is 0.328 e. The molecule has 2 N–H and O–H groups in total. The van der Waals surface area contributed by atoms with Crippen molar-refractivity contribution in [2.45, 2.75) is 32.4 Å². The highest BCUT2D eigenvalue weighted by Gasteiger charge is 2.38. The Balaban J connectivity index is 3.34. The molecule has 5 nitrogen and oxygen atoms in total. The third kappa shape index (κ3) is 3.17. The van der Waals surface area contributed by atoms with Crippen LogP contribution in [0.3, 0.4) is 0 Å². The third-order valence-corrected chi connectivity index (χ3v) is 2.95. The minimum Gasteiger partial charge on any atom is -0.497 e. The zero-order valence-corrected chi connectivity index (χ0v) is 12.0. The summed E-state index contributed by atoms with van der Waals surface area (Å²) in [5.74, 6) is 0.153. The van der Waals surface area contributed by atoms with Crippen molar-refractivity contribution in [3.05, 3.63) is 23.8 Å². The topological polar surface area (TPSA) is 67.8 Å². The first-order valence-electron chi connectivity index (χ1n) is 6.08. The molecule has 1 aromatic carbocycles. The number of rotatable bonds is 6. The number of hydrogen-bond donors (Lipinski definition) is 2. The Hall–Kier alpha value is -1.75. The molecule has 19 heavy (non-hydrogen) atoms. The number of carboxylic acids is 1. The average Bonchev–Trinajstić information content (AvgIpc) is 2.36. The molecule has 0 amide bonds. The van der Waals surface area contributed by atoms with Gasteiger partial charge in [-0.15, -0.1) is 0 Å². The molecule has 5 heteroatoms. The van der Waals surface area contributed by atoms with Crippen LogP contribution in [-0.4, -0.2) is 31.3 Å². The molecule has 0 fully saturated rings. The van der Waals surface area contributed by atoms with Gasteiger partial charge < -0.3 is 14.6 Å². The summed E-state index contributed by atoms with van der Waals surface area (Å²) in [6.07, 6.45) is 0. The summed E-state index contributed by atoms with van der Waals surface area (Å²) in [6, 6.07) is 5.13. The summed E-state index contributed by atoms with van der Waals surface area (Å²) in [7, 11) is 3.06. The fourth-order valence-corrected chi connectivity index (χ4v) is 2.04. The maximum absolute atomic E-state index is 11.6. The van der Waals surface area contributed by atoms with Gasteiger partial charge in [-0.3, -0.25) is 5.32 Å². The van der Waals surface area contributed by atoms with E-state index in [4.69, 9.17) is 9.47 Å². The number of benzene rings is 1. The van der Waals surface area contributed by atoms with E-state index in [1.54, 1.807) is 32.2 Å². The zero-order chi connectivity index (χ0) is 14.6. The number of carbonyl (C=O) groups is 1. The highest BCUT2D eigenvalue weighted by Crippen LogP contribution is 2.33. The Morgan fingerprint density at radius 1 is 1.32 bits per heavy atom. The van der Waals surface area contributed by atoms with E-state index in [0.717, 1.165) is 0 Å². The molecule has 0 bridgehead atoms. The lowest BCUT2D eigenvalue weighted by atomic mass is 9.90. The summed E-state index contributed by atoms with van der Waals surface area (Å²) in [6.45, 7) is 5.42. The number of methoxy groups -OCH3 is 2.